The van der Waals surface area contributed by atoms with Gasteiger partial charge in [-0.3, -0.25) is 0 Å². The predicted molar refractivity (Wildman–Crippen MR) is 101 cm³/mol. The number of nitrogens with two attached hydrogens (primary N) is 1. The number of fused-ring (bicyclic) bond motifs is 2. The van der Waals surface area contributed by atoms with Gasteiger partial charge in [0, 0.05) is 24.7 Å². The van der Waals surface area contributed by atoms with Gasteiger partial charge < -0.3 is 25.1 Å². The van der Waals surface area contributed by atoms with Gasteiger partial charge in [-0.25, -0.2) is 14.4 Å². The van der Waals surface area contributed by atoms with Crippen LogP contribution < -0.4 is 20.1 Å². The van der Waals surface area contributed by atoms with Crippen LogP contribution in [0.15, 0.2) is 30.6 Å². The summed E-state index contributed by atoms with van der Waals surface area (Å²) in [6.45, 7) is 5.26. The molecule has 1 aliphatic rings. The lowest BCUT2D eigenvalue weighted by Crippen LogP contribution is -2.41. The molecule has 0 bridgehead atoms. The van der Waals surface area contributed by atoms with E-state index in [1.165, 1.54) is 12.1 Å². The van der Waals surface area contributed by atoms with Gasteiger partial charge in [-0.1, -0.05) is 0 Å². The highest BCUT2D eigenvalue weighted by Gasteiger charge is 2.28. The Balaban J connectivity index is 1.71. The molecule has 2 aromatic heterocycles. The maximum absolute atomic E-state index is 13.9. The van der Waals surface area contributed by atoms with Crippen molar-refractivity contribution in [3.63, 3.8) is 0 Å². The van der Waals surface area contributed by atoms with Crippen molar-refractivity contribution >= 4 is 17.0 Å². The molecule has 8 heteroatoms. The molecule has 7 nitrogen and oxygen atoms in total. The van der Waals surface area contributed by atoms with Crippen molar-refractivity contribution in [3.05, 3.63) is 42.0 Å². The molecule has 0 radical (unpaired) electrons. The second kappa shape index (κ2) is 7.03. The van der Waals surface area contributed by atoms with Gasteiger partial charge in [0.25, 0.3) is 0 Å². The van der Waals surface area contributed by atoms with E-state index in [-0.39, 0.29) is 18.0 Å². The summed E-state index contributed by atoms with van der Waals surface area (Å²) in [4.78, 5) is 14.0. The Kier molecular flexibility index (Phi) is 4.57. The monoisotopic (exact) mass is 371 g/mol. The zero-order valence-corrected chi connectivity index (χ0v) is 15.3. The molecule has 0 saturated carbocycles. The average Bonchev–Trinajstić information content (AvgIpc) is 3.12. The van der Waals surface area contributed by atoms with Crippen LogP contribution in [0.3, 0.4) is 0 Å². The summed E-state index contributed by atoms with van der Waals surface area (Å²) in [5.41, 5.74) is 7.83. The number of imidazole rings is 1. The molecule has 0 fully saturated rings. The summed E-state index contributed by atoms with van der Waals surface area (Å²) in [6, 6.07) is 6.47. The summed E-state index contributed by atoms with van der Waals surface area (Å²) in [5.74, 6) is 1.68. The van der Waals surface area contributed by atoms with Crippen molar-refractivity contribution in [3.8, 4) is 11.5 Å². The number of hydrogen-bond donors (Lipinski definition) is 2. The number of H-pyrrole nitrogens is 1. The number of nitrogens with one attached hydrogen (secondary N) is 1. The number of aromatic nitrogens is 3. The van der Waals surface area contributed by atoms with Crippen molar-refractivity contribution in [2.24, 2.45) is 5.73 Å². The lowest BCUT2D eigenvalue weighted by molar-refractivity contribution is 0.226. The van der Waals surface area contributed by atoms with Gasteiger partial charge in [0.15, 0.2) is 17.2 Å². The molecule has 1 aromatic carbocycles. The second-order valence-corrected chi connectivity index (χ2v) is 6.78. The van der Waals surface area contributed by atoms with Crippen molar-refractivity contribution in [2.75, 3.05) is 18.1 Å². The van der Waals surface area contributed by atoms with Gasteiger partial charge >= 0.3 is 0 Å². The number of rotatable bonds is 5. The van der Waals surface area contributed by atoms with Crippen LogP contribution in [-0.2, 0) is 6.54 Å². The zero-order chi connectivity index (χ0) is 19.0. The highest BCUT2D eigenvalue weighted by atomic mass is 19.1. The summed E-state index contributed by atoms with van der Waals surface area (Å²) < 4.78 is 25.7. The van der Waals surface area contributed by atoms with Gasteiger partial charge in [-0.2, -0.15) is 0 Å². The third-order valence-electron chi connectivity index (χ3n) is 4.66. The maximum atomic E-state index is 13.9. The number of benzene rings is 1. The number of nitrogens with zero attached hydrogens (tertiary/aromatic N) is 3. The molecule has 2 atom stereocenters. The normalized spacial score (nSPS) is 17.5. The Morgan fingerprint density at radius 3 is 3.11 bits per heavy atom. The fourth-order valence-corrected chi connectivity index (χ4v) is 3.13. The Hall–Kier alpha value is -2.87. The second-order valence-electron chi connectivity index (χ2n) is 6.78. The molecule has 142 valence electrons. The van der Waals surface area contributed by atoms with E-state index in [0.717, 1.165) is 11.1 Å². The fourth-order valence-electron chi connectivity index (χ4n) is 3.13. The van der Waals surface area contributed by atoms with Crippen molar-refractivity contribution in [2.45, 2.75) is 32.5 Å². The minimum absolute atomic E-state index is 0.0634. The van der Waals surface area contributed by atoms with Crippen molar-refractivity contribution in [1.29, 1.82) is 0 Å². The first-order valence-electron chi connectivity index (χ1n) is 8.94. The maximum Gasteiger partial charge on any atom is 0.174 e. The first kappa shape index (κ1) is 17.5. The highest BCUT2D eigenvalue weighted by Crippen LogP contribution is 2.36. The third-order valence-corrected chi connectivity index (χ3v) is 4.66. The van der Waals surface area contributed by atoms with Gasteiger partial charge in [-0.15, -0.1) is 0 Å². The van der Waals surface area contributed by atoms with E-state index < -0.39 is 0 Å². The minimum Gasteiger partial charge on any atom is -0.489 e. The number of anilines is 1. The molecular weight excluding hydrogens is 349 g/mol. The van der Waals surface area contributed by atoms with Crippen molar-refractivity contribution < 1.29 is 13.9 Å². The SMILES string of the molecule is C[C@@H]1COc2cc3nc[nH]c3nc2N1Cc1cc(F)ccc1O[C@@H](C)CN. The fraction of sp³-hybridized carbons (Fsp3) is 0.368. The molecule has 0 amide bonds. The van der Waals surface area contributed by atoms with Crippen molar-refractivity contribution in [1.82, 2.24) is 15.0 Å². The molecule has 27 heavy (non-hydrogen) atoms. The van der Waals surface area contributed by atoms with E-state index in [2.05, 4.69) is 19.9 Å². The molecule has 0 aliphatic carbocycles. The van der Waals surface area contributed by atoms with Crippen LogP contribution in [-0.4, -0.2) is 40.2 Å². The van der Waals surface area contributed by atoms with Gasteiger partial charge in [0.1, 0.15) is 29.8 Å². The Labute approximate surface area is 156 Å². The molecule has 0 saturated heterocycles. The summed E-state index contributed by atoms with van der Waals surface area (Å²) in [7, 11) is 0. The number of ether oxygens (including phenoxy) is 2. The standard InChI is InChI=1S/C19H22FN5O2/c1-11-9-26-17-6-15-18(23-10-22-15)24-19(17)25(11)8-13-5-14(20)3-4-16(13)27-12(2)7-21/h3-6,10-12H,7-9,21H2,1-2H3,(H,22,23,24)/t11-,12+/m1/s1. The third kappa shape index (κ3) is 3.40. The van der Waals surface area contributed by atoms with Crippen LogP contribution in [0.1, 0.15) is 19.4 Å². The number of halogens is 1. The van der Waals surface area contributed by atoms with Crippen LogP contribution in [0.5, 0.6) is 11.5 Å². The van der Waals surface area contributed by atoms with E-state index in [1.807, 2.05) is 19.9 Å². The zero-order valence-electron chi connectivity index (χ0n) is 15.3. The number of hydrogen-bond acceptors (Lipinski definition) is 6. The number of pyridine rings is 1. The highest BCUT2D eigenvalue weighted by molar-refractivity contribution is 5.77. The van der Waals surface area contributed by atoms with Crippen LogP contribution in [0.4, 0.5) is 10.2 Å². The van der Waals surface area contributed by atoms with E-state index in [4.69, 9.17) is 15.2 Å². The van der Waals surface area contributed by atoms with E-state index in [9.17, 15) is 4.39 Å². The molecule has 1 aliphatic heterocycles. The Morgan fingerprint density at radius 1 is 1.44 bits per heavy atom. The lowest BCUT2D eigenvalue weighted by atomic mass is 10.1. The topological polar surface area (TPSA) is 89.3 Å². The van der Waals surface area contributed by atoms with E-state index in [1.54, 1.807) is 12.4 Å². The molecule has 0 unspecified atom stereocenters. The summed E-state index contributed by atoms with van der Waals surface area (Å²) >= 11 is 0. The minimum atomic E-state index is -0.309. The van der Waals surface area contributed by atoms with Crippen LogP contribution in [0.2, 0.25) is 0 Å². The van der Waals surface area contributed by atoms with Gasteiger partial charge in [-0.05, 0) is 32.0 Å². The van der Waals surface area contributed by atoms with Crippen LogP contribution >= 0.6 is 0 Å². The first-order valence-corrected chi connectivity index (χ1v) is 8.94. The van der Waals surface area contributed by atoms with Crippen LogP contribution in [0, 0.1) is 5.82 Å². The predicted octanol–water partition coefficient (Wildman–Crippen LogP) is 2.61. The molecule has 4 rings (SSSR count). The average molecular weight is 371 g/mol. The Morgan fingerprint density at radius 2 is 2.30 bits per heavy atom. The summed E-state index contributed by atoms with van der Waals surface area (Å²) in [5, 5.41) is 0. The molecular formula is C19H22FN5O2. The smallest absolute Gasteiger partial charge is 0.174 e. The largest absolute Gasteiger partial charge is 0.489 e. The van der Waals surface area contributed by atoms with Gasteiger partial charge in [0.2, 0.25) is 0 Å². The first-order chi connectivity index (χ1) is 13.0. The van der Waals surface area contributed by atoms with Gasteiger partial charge in [0.05, 0.1) is 12.4 Å². The quantitative estimate of drug-likeness (QED) is 0.717. The Bertz CT molecular complexity index is 960. The lowest BCUT2D eigenvalue weighted by Gasteiger charge is -2.36. The molecule has 3 aromatic rings. The number of aromatic amines is 1. The molecule has 3 heterocycles. The van der Waals surface area contributed by atoms with E-state index >= 15 is 0 Å². The summed E-state index contributed by atoms with van der Waals surface area (Å²) in [6.07, 6.45) is 1.44. The molecule has 3 N–H and O–H groups in total. The van der Waals surface area contributed by atoms with Crippen LogP contribution in [0.25, 0.3) is 11.2 Å². The van der Waals surface area contributed by atoms with E-state index in [0.29, 0.717) is 42.7 Å². The molecule has 0 spiro atoms.